The van der Waals surface area contributed by atoms with Crippen molar-refractivity contribution in [2.45, 2.75) is 38.6 Å². The minimum Gasteiger partial charge on any atom is -0.398 e. The Bertz CT molecular complexity index is 1170. The Morgan fingerprint density at radius 1 is 1.26 bits per heavy atom. The lowest BCUT2D eigenvalue weighted by Gasteiger charge is -2.30. The molecule has 1 unspecified atom stereocenters. The SMILES string of the molecule is C=C/C(=C\C=C/C)c1cc(C(N)=O)nc2cc(CN(N)/C=C(\N)C(O)(CC)C(F)(F)F)ccc12. The number of carbonyl (C=O) groups excluding carboxylic acids is 1. The number of benzene rings is 1. The lowest BCUT2D eigenvalue weighted by molar-refractivity contribution is -0.245. The Kier molecular flexibility index (Phi) is 8.25. The second-order valence-electron chi connectivity index (χ2n) is 7.59. The monoisotopic (exact) mass is 475 g/mol. The predicted octanol–water partition coefficient (Wildman–Crippen LogP) is 3.66. The third-order valence-corrected chi connectivity index (χ3v) is 5.25. The summed E-state index contributed by atoms with van der Waals surface area (Å²) in [6.07, 6.45) is 2.34. The first kappa shape index (κ1) is 26.6. The molecule has 182 valence electrons. The molecule has 0 saturated carbocycles. The van der Waals surface area contributed by atoms with E-state index in [2.05, 4.69) is 11.6 Å². The van der Waals surface area contributed by atoms with E-state index in [1.807, 2.05) is 25.2 Å². The van der Waals surface area contributed by atoms with Gasteiger partial charge in [-0.3, -0.25) is 4.79 Å². The average Bonchev–Trinajstić information content (AvgIpc) is 2.77. The molecule has 10 heteroatoms. The molecule has 1 amide bonds. The van der Waals surface area contributed by atoms with Gasteiger partial charge in [-0.2, -0.15) is 13.2 Å². The van der Waals surface area contributed by atoms with Crippen LogP contribution in [0.5, 0.6) is 0 Å². The number of nitrogens with two attached hydrogens (primary N) is 3. The normalized spacial score (nSPS) is 14.9. The molecule has 0 bridgehead atoms. The van der Waals surface area contributed by atoms with Crippen LogP contribution in [0, 0.1) is 0 Å². The van der Waals surface area contributed by atoms with E-state index < -0.39 is 29.8 Å². The molecular formula is C24H28F3N5O2. The van der Waals surface area contributed by atoms with E-state index in [-0.39, 0.29) is 12.2 Å². The third-order valence-electron chi connectivity index (χ3n) is 5.25. The van der Waals surface area contributed by atoms with Crippen LogP contribution in [0.2, 0.25) is 0 Å². The number of alkyl halides is 3. The van der Waals surface area contributed by atoms with Gasteiger partial charge in [0.15, 0.2) is 0 Å². The highest BCUT2D eigenvalue weighted by Gasteiger charge is 2.54. The predicted molar refractivity (Wildman–Crippen MR) is 127 cm³/mol. The average molecular weight is 476 g/mol. The molecule has 7 N–H and O–H groups in total. The molecule has 1 aromatic heterocycles. The summed E-state index contributed by atoms with van der Waals surface area (Å²) < 4.78 is 39.7. The van der Waals surface area contributed by atoms with Crippen LogP contribution in [-0.2, 0) is 6.54 Å². The smallest absolute Gasteiger partial charge is 0.398 e. The van der Waals surface area contributed by atoms with Crippen LogP contribution in [0.3, 0.4) is 0 Å². The van der Waals surface area contributed by atoms with Gasteiger partial charge in [0, 0.05) is 11.6 Å². The minimum atomic E-state index is -4.96. The highest BCUT2D eigenvalue weighted by Crippen LogP contribution is 2.37. The number of primary amides is 1. The van der Waals surface area contributed by atoms with Gasteiger partial charge in [0.05, 0.1) is 17.8 Å². The molecule has 0 aliphatic carbocycles. The molecule has 1 aromatic carbocycles. The van der Waals surface area contributed by atoms with E-state index >= 15 is 0 Å². The van der Waals surface area contributed by atoms with Gasteiger partial charge >= 0.3 is 6.18 Å². The van der Waals surface area contributed by atoms with Crippen LogP contribution in [0.4, 0.5) is 13.2 Å². The lowest BCUT2D eigenvalue weighted by Crippen LogP contribution is -2.49. The van der Waals surface area contributed by atoms with Crippen molar-refractivity contribution in [1.82, 2.24) is 9.99 Å². The fourth-order valence-electron chi connectivity index (χ4n) is 3.32. The van der Waals surface area contributed by atoms with Crippen molar-refractivity contribution in [3.63, 3.8) is 0 Å². The van der Waals surface area contributed by atoms with Crippen molar-refractivity contribution in [2.75, 3.05) is 0 Å². The maximum absolute atomic E-state index is 13.2. The van der Waals surface area contributed by atoms with Crippen LogP contribution >= 0.6 is 0 Å². The zero-order valence-corrected chi connectivity index (χ0v) is 18.9. The van der Waals surface area contributed by atoms with Crippen LogP contribution in [0.15, 0.2) is 67.0 Å². The highest BCUT2D eigenvalue weighted by atomic mass is 19.4. The maximum atomic E-state index is 13.2. The number of hydrogen-bond acceptors (Lipinski definition) is 6. The Hall–Kier alpha value is -3.63. The molecule has 0 saturated heterocycles. The summed E-state index contributed by atoms with van der Waals surface area (Å²) in [5.41, 5.74) is 9.44. The van der Waals surface area contributed by atoms with Crippen LogP contribution in [0.1, 0.15) is 41.9 Å². The van der Waals surface area contributed by atoms with E-state index in [1.165, 1.54) is 6.92 Å². The van der Waals surface area contributed by atoms with Crippen LogP contribution in [-0.4, -0.2) is 32.8 Å². The fourth-order valence-corrected chi connectivity index (χ4v) is 3.32. The van der Waals surface area contributed by atoms with Gasteiger partial charge < -0.3 is 21.6 Å². The molecule has 0 spiro atoms. The van der Waals surface area contributed by atoms with Gasteiger partial charge in [0.2, 0.25) is 5.60 Å². The number of aromatic nitrogens is 1. The molecule has 34 heavy (non-hydrogen) atoms. The molecule has 0 aliphatic heterocycles. The number of carbonyl (C=O) groups is 1. The van der Waals surface area contributed by atoms with Crippen molar-refractivity contribution in [3.8, 4) is 0 Å². The largest absolute Gasteiger partial charge is 0.422 e. The van der Waals surface area contributed by atoms with Gasteiger partial charge in [-0.15, -0.1) is 0 Å². The number of hydrazine groups is 1. The van der Waals surface area contributed by atoms with E-state index in [1.54, 1.807) is 30.3 Å². The molecule has 0 radical (unpaired) electrons. The number of nitrogens with zero attached hydrogens (tertiary/aromatic N) is 2. The topological polar surface area (TPSA) is 131 Å². The van der Waals surface area contributed by atoms with E-state index in [0.717, 1.165) is 16.8 Å². The number of hydrogen-bond donors (Lipinski definition) is 4. The number of pyridine rings is 1. The summed E-state index contributed by atoms with van der Waals surface area (Å²) in [6.45, 7) is 6.80. The van der Waals surface area contributed by atoms with E-state index in [9.17, 15) is 23.1 Å². The second kappa shape index (κ2) is 10.5. The maximum Gasteiger partial charge on any atom is 0.422 e. The standard InChI is InChI=1S/C24H28F3N5O2/c1-4-7-8-16(5-2)18-12-20(22(29)33)31-19-11-15(9-10-17(18)19)13-32(30)14-21(28)23(34,6-3)24(25,26)27/h4-5,7-12,14,34H,2,6,13,28,30H2,1,3H3,(H2,29,33)/b7-4-,16-8+,21-14-. The molecule has 1 atom stereocenters. The summed E-state index contributed by atoms with van der Waals surface area (Å²) in [5, 5.41) is 11.6. The summed E-state index contributed by atoms with van der Waals surface area (Å²) in [5.74, 6) is 5.13. The Balaban J connectivity index is 2.50. The molecule has 2 rings (SSSR count). The van der Waals surface area contributed by atoms with Crippen molar-refractivity contribution in [3.05, 3.63) is 83.9 Å². The summed E-state index contributed by atoms with van der Waals surface area (Å²) in [4.78, 5) is 16.1. The lowest BCUT2D eigenvalue weighted by atomic mass is 9.96. The fraction of sp³-hybridized carbons (Fsp3) is 0.250. The van der Waals surface area contributed by atoms with Gasteiger partial charge in [0.25, 0.3) is 5.91 Å². The Labute approximate surface area is 195 Å². The molecule has 2 aromatic rings. The quantitative estimate of drug-likeness (QED) is 0.249. The van der Waals surface area contributed by atoms with Crippen LogP contribution in [0.25, 0.3) is 16.5 Å². The van der Waals surface area contributed by atoms with Crippen molar-refractivity contribution in [2.24, 2.45) is 17.3 Å². The number of aliphatic hydroxyl groups is 1. The number of allylic oxidation sites excluding steroid dienone is 5. The van der Waals surface area contributed by atoms with Crippen LogP contribution < -0.4 is 17.3 Å². The first-order valence-corrected chi connectivity index (χ1v) is 10.3. The van der Waals surface area contributed by atoms with E-state index in [0.29, 0.717) is 22.0 Å². The van der Waals surface area contributed by atoms with Crippen molar-refractivity contribution in [1.29, 1.82) is 0 Å². The Morgan fingerprint density at radius 3 is 2.47 bits per heavy atom. The van der Waals surface area contributed by atoms with Gasteiger partial charge in [-0.25, -0.2) is 10.8 Å². The molecule has 7 nitrogen and oxygen atoms in total. The second-order valence-corrected chi connectivity index (χ2v) is 7.59. The number of halogens is 3. The zero-order valence-electron chi connectivity index (χ0n) is 18.9. The summed E-state index contributed by atoms with van der Waals surface area (Å²) in [7, 11) is 0. The number of amides is 1. The van der Waals surface area contributed by atoms with Gasteiger partial charge in [0.1, 0.15) is 5.69 Å². The molecule has 0 aliphatic rings. The van der Waals surface area contributed by atoms with Gasteiger partial charge in [-0.1, -0.05) is 49.9 Å². The van der Waals surface area contributed by atoms with Gasteiger partial charge in [-0.05, 0) is 42.2 Å². The first-order valence-electron chi connectivity index (χ1n) is 10.3. The third kappa shape index (κ3) is 5.64. The van der Waals surface area contributed by atoms with E-state index in [4.69, 9.17) is 17.3 Å². The summed E-state index contributed by atoms with van der Waals surface area (Å²) in [6, 6.07) is 6.68. The number of rotatable bonds is 9. The van der Waals surface area contributed by atoms with Crippen molar-refractivity contribution < 1.29 is 23.1 Å². The number of fused-ring (bicyclic) bond motifs is 1. The van der Waals surface area contributed by atoms with Crippen molar-refractivity contribution >= 4 is 22.4 Å². The molecular weight excluding hydrogens is 447 g/mol. The Morgan fingerprint density at radius 2 is 1.94 bits per heavy atom. The minimum absolute atomic E-state index is 0.0415. The molecule has 1 heterocycles. The first-order chi connectivity index (χ1) is 15.9. The summed E-state index contributed by atoms with van der Waals surface area (Å²) >= 11 is 0. The highest BCUT2D eigenvalue weighted by molar-refractivity contribution is 6.00. The molecule has 0 fully saturated rings. The zero-order chi connectivity index (χ0) is 25.7.